The van der Waals surface area contributed by atoms with Crippen LogP contribution in [0.1, 0.15) is 71.1 Å². The summed E-state index contributed by atoms with van der Waals surface area (Å²) in [6, 6.07) is 0. The standard InChI is InChI=1S/C12H27O5P.K.H/c1-2-3-4-5-6-7-8-9-10-11-12-16-17-18(13,14)15;;/h2-12H2,1H3,(H2,13,14,15);;. The Morgan fingerprint density at radius 3 is 1.68 bits per heavy atom. The second-order valence-electron chi connectivity index (χ2n) is 4.57. The molecule has 7 heteroatoms. The zero-order valence-electron chi connectivity index (χ0n) is 11.3. The molecule has 0 aliphatic carbocycles. The first-order chi connectivity index (χ1) is 8.56. The molecule has 5 nitrogen and oxygen atoms in total. The third-order valence-electron chi connectivity index (χ3n) is 2.73. The number of hydrogen-bond acceptors (Lipinski definition) is 3. The van der Waals surface area contributed by atoms with Crippen molar-refractivity contribution < 1.29 is 23.9 Å². The maximum absolute atomic E-state index is 10.3. The van der Waals surface area contributed by atoms with E-state index in [2.05, 4.69) is 16.5 Å². The topological polar surface area (TPSA) is 76.0 Å². The minimum absolute atomic E-state index is 0. The van der Waals surface area contributed by atoms with E-state index in [1.54, 1.807) is 0 Å². The number of phosphoric acid groups is 1. The predicted octanol–water partition coefficient (Wildman–Crippen LogP) is 3.30. The Labute approximate surface area is 159 Å². The van der Waals surface area contributed by atoms with Gasteiger partial charge in [0.2, 0.25) is 0 Å². The number of rotatable bonds is 13. The van der Waals surface area contributed by atoms with Gasteiger partial charge in [0.15, 0.2) is 0 Å². The van der Waals surface area contributed by atoms with Crippen LogP contribution in [-0.2, 0) is 14.1 Å². The van der Waals surface area contributed by atoms with Crippen LogP contribution in [0.2, 0.25) is 0 Å². The summed E-state index contributed by atoms with van der Waals surface area (Å²) in [5.74, 6) is 0. The van der Waals surface area contributed by atoms with Crippen LogP contribution in [-0.4, -0.2) is 67.8 Å². The molecule has 112 valence electrons. The van der Waals surface area contributed by atoms with Crippen LogP contribution in [0.5, 0.6) is 0 Å². The molecule has 0 rings (SSSR count). The van der Waals surface area contributed by atoms with Crippen molar-refractivity contribution in [2.24, 2.45) is 0 Å². The van der Waals surface area contributed by atoms with Crippen molar-refractivity contribution in [1.82, 2.24) is 0 Å². The zero-order valence-corrected chi connectivity index (χ0v) is 12.2. The van der Waals surface area contributed by atoms with E-state index in [-0.39, 0.29) is 58.0 Å². The molecule has 0 amide bonds. The van der Waals surface area contributed by atoms with Crippen LogP contribution in [0.15, 0.2) is 0 Å². The third kappa shape index (κ3) is 22.1. The van der Waals surface area contributed by atoms with Gasteiger partial charge < -0.3 is 9.79 Å². The number of hydrogen-bond donors (Lipinski definition) is 2. The van der Waals surface area contributed by atoms with Crippen molar-refractivity contribution in [2.75, 3.05) is 6.61 Å². The first kappa shape index (κ1) is 23.0. The van der Waals surface area contributed by atoms with Gasteiger partial charge in [-0.05, 0) is 6.42 Å². The summed E-state index contributed by atoms with van der Waals surface area (Å²) < 4.78 is 14.1. The molecule has 0 saturated carbocycles. The molecule has 0 heterocycles. The molecule has 0 unspecified atom stereocenters. The van der Waals surface area contributed by atoms with Gasteiger partial charge in [-0.1, -0.05) is 64.7 Å². The molecular formula is C12H28KO5P. The fourth-order valence-corrected chi connectivity index (χ4v) is 1.97. The van der Waals surface area contributed by atoms with Gasteiger partial charge in [0, 0.05) is 0 Å². The summed E-state index contributed by atoms with van der Waals surface area (Å²) in [7, 11) is -4.47. The van der Waals surface area contributed by atoms with Crippen LogP contribution in [0.4, 0.5) is 0 Å². The molecule has 0 atom stereocenters. The normalized spacial score (nSPS) is 11.3. The van der Waals surface area contributed by atoms with E-state index in [1.807, 2.05) is 0 Å². The Kier molecular flexibility index (Phi) is 19.5. The summed E-state index contributed by atoms with van der Waals surface area (Å²) >= 11 is 0. The molecule has 0 aromatic heterocycles. The fourth-order valence-electron chi connectivity index (χ4n) is 1.75. The summed E-state index contributed by atoms with van der Waals surface area (Å²) in [4.78, 5) is 21.1. The molecule has 19 heavy (non-hydrogen) atoms. The van der Waals surface area contributed by atoms with E-state index in [0.717, 1.165) is 19.3 Å². The molecule has 0 aliphatic heterocycles. The summed E-state index contributed by atoms with van der Waals surface area (Å²) in [5.41, 5.74) is 0. The van der Waals surface area contributed by atoms with Gasteiger partial charge in [0.25, 0.3) is 0 Å². The summed E-state index contributed by atoms with van der Waals surface area (Å²) in [6.45, 7) is 2.46. The Balaban J connectivity index is 0. The molecule has 0 radical (unpaired) electrons. The SMILES string of the molecule is CCCCCCCCCCCCOOP(=O)(O)O.[KH]. The van der Waals surface area contributed by atoms with Gasteiger partial charge >= 0.3 is 59.2 Å². The molecule has 0 spiro atoms. The zero-order chi connectivity index (χ0) is 13.7. The van der Waals surface area contributed by atoms with E-state index >= 15 is 0 Å². The molecule has 0 aliphatic rings. The van der Waals surface area contributed by atoms with Crippen molar-refractivity contribution in [3.8, 4) is 0 Å². The van der Waals surface area contributed by atoms with E-state index in [4.69, 9.17) is 9.79 Å². The van der Waals surface area contributed by atoms with E-state index in [0.29, 0.717) is 0 Å². The van der Waals surface area contributed by atoms with E-state index in [1.165, 1.54) is 44.9 Å². The van der Waals surface area contributed by atoms with Crippen LogP contribution < -0.4 is 0 Å². The second kappa shape index (κ2) is 16.1. The van der Waals surface area contributed by atoms with Gasteiger partial charge in [-0.15, -0.1) is 4.67 Å². The van der Waals surface area contributed by atoms with Crippen molar-refractivity contribution in [2.45, 2.75) is 71.1 Å². The van der Waals surface area contributed by atoms with Crippen molar-refractivity contribution >= 4 is 59.2 Å². The maximum atomic E-state index is 10.3. The first-order valence-electron chi connectivity index (χ1n) is 6.93. The monoisotopic (exact) mass is 322 g/mol. The Morgan fingerprint density at radius 1 is 0.842 bits per heavy atom. The van der Waals surface area contributed by atoms with Gasteiger partial charge in [-0.25, -0.2) is 9.45 Å². The molecule has 2 N–H and O–H groups in total. The van der Waals surface area contributed by atoms with Crippen molar-refractivity contribution in [3.05, 3.63) is 0 Å². The summed E-state index contributed by atoms with van der Waals surface area (Å²) in [6.07, 6.45) is 12.1. The van der Waals surface area contributed by atoms with Gasteiger partial charge in [-0.3, -0.25) is 0 Å². The predicted molar refractivity (Wildman–Crippen MR) is 78.1 cm³/mol. The van der Waals surface area contributed by atoms with Crippen molar-refractivity contribution in [1.29, 1.82) is 0 Å². The Bertz CT molecular complexity index is 222. The van der Waals surface area contributed by atoms with Crippen LogP contribution in [0, 0.1) is 0 Å². The van der Waals surface area contributed by atoms with E-state index < -0.39 is 7.82 Å². The fraction of sp³-hybridized carbons (Fsp3) is 1.00. The molecular weight excluding hydrogens is 294 g/mol. The van der Waals surface area contributed by atoms with Gasteiger partial charge in [0.1, 0.15) is 0 Å². The summed E-state index contributed by atoms with van der Waals surface area (Å²) in [5, 5.41) is 0. The van der Waals surface area contributed by atoms with E-state index in [9.17, 15) is 4.57 Å². The average molecular weight is 322 g/mol. The van der Waals surface area contributed by atoms with Gasteiger partial charge in [0.05, 0.1) is 6.61 Å². The molecule has 0 aromatic rings. The Morgan fingerprint density at radius 2 is 1.26 bits per heavy atom. The van der Waals surface area contributed by atoms with Crippen LogP contribution >= 0.6 is 7.82 Å². The van der Waals surface area contributed by atoms with Crippen molar-refractivity contribution in [3.63, 3.8) is 0 Å². The van der Waals surface area contributed by atoms with Gasteiger partial charge in [-0.2, -0.15) is 0 Å². The molecule has 0 fully saturated rings. The van der Waals surface area contributed by atoms with Crippen LogP contribution in [0.3, 0.4) is 0 Å². The molecule has 0 bridgehead atoms. The minimum atomic E-state index is -4.47. The Hall–Kier alpha value is 1.71. The van der Waals surface area contributed by atoms with Crippen LogP contribution in [0.25, 0.3) is 0 Å². The first-order valence-corrected chi connectivity index (χ1v) is 8.46. The molecule has 0 aromatic carbocycles. The molecule has 0 saturated heterocycles. The third-order valence-corrected chi connectivity index (χ3v) is 3.03. The number of unbranched alkanes of at least 4 members (excludes halogenated alkanes) is 9. The quantitative estimate of drug-likeness (QED) is 0.179. The average Bonchev–Trinajstić information content (AvgIpc) is 2.29. The second-order valence-corrected chi connectivity index (χ2v) is 5.70.